The van der Waals surface area contributed by atoms with Crippen molar-refractivity contribution in [2.24, 2.45) is 0 Å². The summed E-state index contributed by atoms with van der Waals surface area (Å²) in [6.07, 6.45) is 5.19. The quantitative estimate of drug-likeness (QED) is 0.609. The van der Waals surface area contributed by atoms with Crippen molar-refractivity contribution in [1.82, 2.24) is 4.98 Å². The zero-order chi connectivity index (χ0) is 12.1. The summed E-state index contributed by atoms with van der Waals surface area (Å²) in [4.78, 5) is 4.54. The monoisotopic (exact) mass is 267 g/mol. The van der Waals surface area contributed by atoms with E-state index in [1.165, 1.54) is 25.7 Å². The number of rotatable bonds is 6. The molecule has 2 rings (SSSR count). The number of aromatic hydroxyl groups is 1. The fourth-order valence-corrected chi connectivity index (χ4v) is 3.81. The van der Waals surface area contributed by atoms with E-state index >= 15 is 0 Å². The number of fused-ring (bicyclic) bond motifs is 1. The maximum atomic E-state index is 9.38. The first-order chi connectivity index (χ1) is 8.29. The molecule has 0 saturated carbocycles. The van der Waals surface area contributed by atoms with Crippen molar-refractivity contribution in [3.63, 3.8) is 0 Å². The van der Waals surface area contributed by atoms with Gasteiger partial charge in [-0.05, 0) is 24.6 Å². The second-order valence-corrected chi connectivity index (χ2v) is 6.41. The van der Waals surface area contributed by atoms with E-state index in [-0.39, 0.29) is 0 Å². The molecule has 0 radical (unpaired) electrons. The van der Waals surface area contributed by atoms with E-state index in [1.54, 1.807) is 23.5 Å². The van der Waals surface area contributed by atoms with Crippen molar-refractivity contribution < 1.29 is 5.11 Å². The highest BCUT2D eigenvalue weighted by Crippen LogP contribution is 2.31. The van der Waals surface area contributed by atoms with Gasteiger partial charge >= 0.3 is 0 Å². The number of aromatic nitrogens is 1. The van der Waals surface area contributed by atoms with Gasteiger partial charge in [0.05, 0.1) is 10.2 Å². The lowest BCUT2D eigenvalue weighted by molar-refractivity contribution is 0.476. The Kier molecular flexibility index (Phi) is 4.68. The van der Waals surface area contributed by atoms with Crippen LogP contribution in [-0.2, 0) is 0 Å². The molecule has 4 heteroatoms. The first-order valence-electron chi connectivity index (χ1n) is 6.02. The minimum absolute atomic E-state index is 0.320. The van der Waals surface area contributed by atoms with Crippen LogP contribution in [0.4, 0.5) is 0 Å². The van der Waals surface area contributed by atoms with Crippen LogP contribution in [0.15, 0.2) is 22.5 Å². The normalized spacial score (nSPS) is 11.1. The van der Waals surface area contributed by atoms with Crippen molar-refractivity contribution in [3.05, 3.63) is 18.2 Å². The molecule has 0 aliphatic heterocycles. The SMILES string of the molecule is CCCCCCSc1nc2ccc(O)cc2s1. The Balaban J connectivity index is 1.91. The minimum Gasteiger partial charge on any atom is -0.508 e. The van der Waals surface area contributed by atoms with E-state index in [0.29, 0.717) is 5.75 Å². The molecule has 0 amide bonds. The molecule has 17 heavy (non-hydrogen) atoms. The van der Waals surface area contributed by atoms with Gasteiger partial charge in [0.1, 0.15) is 5.75 Å². The van der Waals surface area contributed by atoms with Gasteiger partial charge in [-0.3, -0.25) is 0 Å². The van der Waals surface area contributed by atoms with Crippen LogP contribution in [0.1, 0.15) is 32.6 Å². The first kappa shape index (κ1) is 12.7. The summed E-state index contributed by atoms with van der Waals surface area (Å²) in [5, 5.41) is 9.38. The summed E-state index contributed by atoms with van der Waals surface area (Å²) in [6, 6.07) is 5.36. The maximum absolute atomic E-state index is 9.38. The number of benzene rings is 1. The van der Waals surface area contributed by atoms with Gasteiger partial charge in [0.2, 0.25) is 0 Å². The second-order valence-electron chi connectivity index (χ2n) is 4.04. The van der Waals surface area contributed by atoms with Crippen molar-refractivity contribution in [1.29, 1.82) is 0 Å². The van der Waals surface area contributed by atoms with Crippen LogP contribution in [-0.4, -0.2) is 15.8 Å². The van der Waals surface area contributed by atoms with Crippen LogP contribution in [0, 0.1) is 0 Å². The van der Waals surface area contributed by atoms with Crippen LogP contribution in [0.25, 0.3) is 10.2 Å². The molecular weight excluding hydrogens is 250 g/mol. The summed E-state index contributed by atoms with van der Waals surface area (Å²) in [5.74, 6) is 1.46. The topological polar surface area (TPSA) is 33.1 Å². The predicted molar refractivity (Wildman–Crippen MR) is 76.2 cm³/mol. The summed E-state index contributed by atoms with van der Waals surface area (Å²) >= 11 is 3.50. The van der Waals surface area contributed by atoms with Gasteiger partial charge in [0.15, 0.2) is 4.34 Å². The third kappa shape index (κ3) is 3.61. The Morgan fingerprint density at radius 1 is 1.29 bits per heavy atom. The molecule has 0 atom stereocenters. The van der Waals surface area contributed by atoms with Gasteiger partial charge in [0.25, 0.3) is 0 Å². The van der Waals surface area contributed by atoms with Crippen LogP contribution in [0.2, 0.25) is 0 Å². The zero-order valence-electron chi connectivity index (χ0n) is 9.98. The smallest absolute Gasteiger partial charge is 0.151 e. The highest BCUT2D eigenvalue weighted by molar-refractivity contribution is 8.01. The van der Waals surface area contributed by atoms with Crippen molar-refractivity contribution >= 4 is 33.3 Å². The Morgan fingerprint density at radius 3 is 3.00 bits per heavy atom. The Bertz CT molecular complexity index is 481. The number of thioether (sulfide) groups is 1. The number of phenolic OH excluding ortho intramolecular Hbond substituents is 1. The summed E-state index contributed by atoms with van der Waals surface area (Å²) in [5.41, 5.74) is 0.990. The lowest BCUT2D eigenvalue weighted by Crippen LogP contribution is -1.80. The highest BCUT2D eigenvalue weighted by atomic mass is 32.2. The fraction of sp³-hybridized carbons (Fsp3) is 0.462. The molecule has 0 aliphatic carbocycles. The average Bonchev–Trinajstić information content (AvgIpc) is 2.70. The van der Waals surface area contributed by atoms with E-state index < -0.39 is 0 Å². The lowest BCUT2D eigenvalue weighted by atomic mass is 10.2. The Labute approximate surface area is 110 Å². The molecule has 1 aromatic carbocycles. The third-order valence-electron chi connectivity index (χ3n) is 2.58. The number of thiazole rings is 1. The third-order valence-corrected chi connectivity index (χ3v) is 4.82. The van der Waals surface area contributed by atoms with Crippen LogP contribution in [0.5, 0.6) is 5.75 Å². The number of hydrogen-bond acceptors (Lipinski definition) is 4. The number of phenols is 1. The Hall–Kier alpha value is -0.740. The van der Waals surface area contributed by atoms with Crippen LogP contribution < -0.4 is 0 Å². The molecule has 2 nitrogen and oxygen atoms in total. The summed E-state index contributed by atoms with van der Waals surface area (Å²) < 4.78 is 2.18. The van der Waals surface area contributed by atoms with Gasteiger partial charge in [-0.15, -0.1) is 11.3 Å². The van der Waals surface area contributed by atoms with Gasteiger partial charge < -0.3 is 5.11 Å². The summed E-state index contributed by atoms with van der Waals surface area (Å²) in [7, 11) is 0. The molecule has 92 valence electrons. The molecule has 1 N–H and O–H groups in total. The minimum atomic E-state index is 0.320. The molecule has 0 bridgehead atoms. The van der Waals surface area contributed by atoms with Crippen molar-refractivity contribution in [2.75, 3.05) is 5.75 Å². The maximum Gasteiger partial charge on any atom is 0.151 e. The van der Waals surface area contributed by atoms with E-state index in [2.05, 4.69) is 11.9 Å². The highest BCUT2D eigenvalue weighted by Gasteiger charge is 2.04. The zero-order valence-corrected chi connectivity index (χ0v) is 11.6. The molecule has 0 saturated heterocycles. The van der Waals surface area contributed by atoms with Gasteiger partial charge in [0, 0.05) is 5.75 Å². The summed E-state index contributed by atoms with van der Waals surface area (Å²) in [6.45, 7) is 2.23. The largest absolute Gasteiger partial charge is 0.508 e. The Morgan fingerprint density at radius 2 is 2.18 bits per heavy atom. The molecule has 2 aromatic rings. The molecule has 0 spiro atoms. The van der Waals surface area contributed by atoms with E-state index in [4.69, 9.17) is 0 Å². The van der Waals surface area contributed by atoms with E-state index in [1.807, 2.05) is 17.8 Å². The molecule has 0 unspecified atom stereocenters. The first-order valence-corrected chi connectivity index (χ1v) is 7.82. The van der Waals surface area contributed by atoms with Gasteiger partial charge in [-0.25, -0.2) is 4.98 Å². The standard InChI is InChI=1S/C13H17NOS2/c1-2-3-4-5-8-16-13-14-11-7-6-10(15)9-12(11)17-13/h6-7,9,15H,2-5,8H2,1H3. The van der Waals surface area contributed by atoms with Gasteiger partial charge in [-0.2, -0.15) is 0 Å². The van der Waals surface area contributed by atoms with Crippen LogP contribution >= 0.6 is 23.1 Å². The fourth-order valence-electron chi connectivity index (χ4n) is 1.64. The number of hydrogen-bond donors (Lipinski definition) is 1. The molecule has 0 aliphatic rings. The predicted octanol–water partition coefficient (Wildman–Crippen LogP) is 4.67. The van der Waals surface area contributed by atoms with Crippen molar-refractivity contribution in [3.8, 4) is 5.75 Å². The van der Waals surface area contributed by atoms with Crippen molar-refractivity contribution in [2.45, 2.75) is 36.9 Å². The molecular formula is C13H17NOS2. The number of nitrogens with zero attached hydrogens (tertiary/aromatic N) is 1. The molecule has 0 fully saturated rings. The second kappa shape index (κ2) is 6.26. The molecule has 1 aromatic heterocycles. The van der Waals surface area contributed by atoms with E-state index in [0.717, 1.165) is 20.3 Å². The van der Waals surface area contributed by atoms with Crippen LogP contribution in [0.3, 0.4) is 0 Å². The van der Waals surface area contributed by atoms with E-state index in [9.17, 15) is 5.11 Å². The lowest BCUT2D eigenvalue weighted by Gasteiger charge is -1.96. The average molecular weight is 267 g/mol. The number of unbranched alkanes of at least 4 members (excludes halogenated alkanes) is 3. The van der Waals surface area contributed by atoms with Gasteiger partial charge in [-0.1, -0.05) is 37.9 Å². The molecule has 1 heterocycles.